The van der Waals surface area contributed by atoms with E-state index in [1.165, 1.54) is 0 Å². The Morgan fingerprint density at radius 1 is 1.52 bits per heavy atom. The molecule has 6 nitrogen and oxygen atoms in total. The highest BCUT2D eigenvalue weighted by Crippen LogP contribution is 2.19. The Bertz CT molecular complexity index is 632. The number of anilines is 1. The molecule has 1 fully saturated rings. The molecule has 0 aliphatic carbocycles. The zero-order valence-electron chi connectivity index (χ0n) is 12.1. The number of ether oxygens (including phenoxy) is 1. The number of fused-ring (bicyclic) bond motifs is 1. The molecule has 1 aromatic carbocycles. The summed E-state index contributed by atoms with van der Waals surface area (Å²) in [5, 5.41) is 6.13. The zero-order chi connectivity index (χ0) is 14.7. The molecule has 1 unspecified atom stereocenters. The number of para-hydroxylation sites is 2. The van der Waals surface area contributed by atoms with Gasteiger partial charge in [-0.15, -0.1) is 0 Å². The SMILES string of the molecule is CCn1c(NC(=O)CC2CNCCO2)nc2ccccc21. The molecule has 0 radical (unpaired) electrons. The number of hydrogen-bond donors (Lipinski definition) is 2. The van der Waals surface area contributed by atoms with Crippen molar-refractivity contribution >= 4 is 22.9 Å². The molecule has 0 spiro atoms. The molecule has 1 aliphatic rings. The number of aryl methyl sites for hydroxylation is 1. The molecule has 1 saturated heterocycles. The molecule has 1 aromatic heterocycles. The zero-order valence-corrected chi connectivity index (χ0v) is 12.1. The number of imidazole rings is 1. The molecule has 0 saturated carbocycles. The maximum absolute atomic E-state index is 12.2. The number of carbonyl (C=O) groups excluding carboxylic acids is 1. The fraction of sp³-hybridized carbons (Fsp3) is 0.467. The summed E-state index contributed by atoms with van der Waals surface area (Å²) in [7, 11) is 0. The Morgan fingerprint density at radius 3 is 3.14 bits per heavy atom. The topological polar surface area (TPSA) is 68.2 Å². The predicted octanol–water partition coefficient (Wildman–Crippen LogP) is 1.37. The number of aromatic nitrogens is 2. The number of hydrogen-bond acceptors (Lipinski definition) is 4. The second kappa shape index (κ2) is 6.24. The van der Waals surface area contributed by atoms with Crippen LogP contribution in [0.5, 0.6) is 0 Å². The quantitative estimate of drug-likeness (QED) is 0.891. The fourth-order valence-electron chi connectivity index (χ4n) is 2.62. The van der Waals surface area contributed by atoms with E-state index < -0.39 is 0 Å². The van der Waals surface area contributed by atoms with Crippen molar-refractivity contribution in [2.75, 3.05) is 25.0 Å². The van der Waals surface area contributed by atoms with Crippen LogP contribution >= 0.6 is 0 Å². The first-order valence-electron chi connectivity index (χ1n) is 7.35. The maximum atomic E-state index is 12.2. The average molecular weight is 288 g/mol. The second-order valence-electron chi connectivity index (χ2n) is 5.12. The van der Waals surface area contributed by atoms with Crippen LogP contribution in [0.2, 0.25) is 0 Å². The van der Waals surface area contributed by atoms with Crippen molar-refractivity contribution in [3.63, 3.8) is 0 Å². The van der Waals surface area contributed by atoms with Crippen LogP contribution in [0, 0.1) is 0 Å². The van der Waals surface area contributed by atoms with E-state index in [9.17, 15) is 4.79 Å². The number of amides is 1. The highest BCUT2D eigenvalue weighted by atomic mass is 16.5. The van der Waals surface area contributed by atoms with Crippen molar-refractivity contribution in [3.05, 3.63) is 24.3 Å². The highest BCUT2D eigenvalue weighted by Gasteiger charge is 2.19. The molecule has 112 valence electrons. The van der Waals surface area contributed by atoms with Crippen molar-refractivity contribution in [3.8, 4) is 0 Å². The molecule has 21 heavy (non-hydrogen) atoms. The van der Waals surface area contributed by atoms with Gasteiger partial charge in [-0.05, 0) is 19.1 Å². The third-order valence-corrected chi connectivity index (χ3v) is 3.64. The van der Waals surface area contributed by atoms with Crippen molar-refractivity contribution in [2.24, 2.45) is 0 Å². The molecule has 2 heterocycles. The van der Waals surface area contributed by atoms with Gasteiger partial charge in [0.1, 0.15) is 0 Å². The second-order valence-corrected chi connectivity index (χ2v) is 5.12. The minimum atomic E-state index is -0.0614. The van der Waals surface area contributed by atoms with Gasteiger partial charge < -0.3 is 14.6 Å². The minimum absolute atomic E-state index is 0.0572. The molecule has 2 N–H and O–H groups in total. The van der Waals surface area contributed by atoms with Crippen molar-refractivity contribution in [1.29, 1.82) is 0 Å². The summed E-state index contributed by atoms with van der Waals surface area (Å²) in [5.74, 6) is 0.543. The lowest BCUT2D eigenvalue weighted by atomic mass is 10.2. The molecule has 0 bridgehead atoms. The van der Waals surface area contributed by atoms with Crippen LogP contribution in [0.3, 0.4) is 0 Å². The predicted molar refractivity (Wildman–Crippen MR) is 81.3 cm³/mol. The van der Waals surface area contributed by atoms with Gasteiger partial charge in [-0.3, -0.25) is 10.1 Å². The van der Waals surface area contributed by atoms with Gasteiger partial charge in [-0.2, -0.15) is 0 Å². The van der Waals surface area contributed by atoms with Crippen LogP contribution in [0.4, 0.5) is 5.95 Å². The van der Waals surface area contributed by atoms with E-state index >= 15 is 0 Å². The first-order valence-corrected chi connectivity index (χ1v) is 7.35. The molecule has 2 aromatic rings. The smallest absolute Gasteiger partial charge is 0.229 e. The summed E-state index contributed by atoms with van der Waals surface area (Å²) < 4.78 is 7.56. The van der Waals surface area contributed by atoms with Crippen LogP contribution in [0.1, 0.15) is 13.3 Å². The van der Waals surface area contributed by atoms with Crippen LogP contribution in [0.25, 0.3) is 11.0 Å². The molecule has 1 aliphatic heterocycles. The third-order valence-electron chi connectivity index (χ3n) is 3.64. The first-order chi connectivity index (χ1) is 10.3. The summed E-state index contributed by atoms with van der Waals surface area (Å²) in [4.78, 5) is 16.6. The highest BCUT2D eigenvalue weighted by molar-refractivity contribution is 5.91. The Kier molecular flexibility index (Phi) is 4.17. The first kappa shape index (κ1) is 14.0. The Labute approximate surface area is 123 Å². The lowest BCUT2D eigenvalue weighted by Crippen LogP contribution is -2.40. The van der Waals surface area contributed by atoms with E-state index in [0.29, 0.717) is 19.0 Å². The standard InChI is InChI=1S/C15H20N4O2/c1-2-19-13-6-4-3-5-12(13)17-15(19)18-14(20)9-11-10-16-7-8-21-11/h3-6,11,16H,2,7-10H2,1H3,(H,17,18,20). The summed E-state index contributed by atoms with van der Waals surface area (Å²) in [5.41, 5.74) is 1.93. The van der Waals surface area contributed by atoms with Gasteiger partial charge >= 0.3 is 0 Å². The van der Waals surface area contributed by atoms with Gasteiger partial charge in [0.2, 0.25) is 11.9 Å². The number of rotatable bonds is 4. The van der Waals surface area contributed by atoms with Crippen LogP contribution in [0.15, 0.2) is 24.3 Å². The van der Waals surface area contributed by atoms with E-state index in [4.69, 9.17) is 4.74 Å². The van der Waals surface area contributed by atoms with Crippen LogP contribution in [-0.2, 0) is 16.1 Å². The summed E-state index contributed by atoms with van der Waals surface area (Å²) >= 11 is 0. The number of nitrogens with zero attached hydrogens (tertiary/aromatic N) is 2. The van der Waals surface area contributed by atoms with Crippen molar-refractivity contribution < 1.29 is 9.53 Å². The van der Waals surface area contributed by atoms with Crippen molar-refractivity contribution in [1.82, 2.24) is 14.9 Å². The van der Waals surface area contributed by atoms with Gasteiger partial charge in [0.05, 0.1) is 30.2 Å². The third kappa shape index (κ3) is 3.06. The molecular weight excluding hydrogens is 268 g/mol. The largest absolute Gasteiger partial charge is 0.375 e. The Balaban J connectivity index is 1.73. The van der Waals surface area contributed by atoms with E-state index in [0.717, 1.165) is 30.7 Å². The number of nitrogens with one attached hydrogen (secondary N) is 2. The van der Waals surface area contributed by atoms with Gasteiger partial charge in [-0.25, -0.2) is 4.98 Å². The molecule has 1 amide bonds. The normalized spacial score (nSPS) is 18.8. The van der Waals surface area contributed by atoms with Crippen LogP contribution < -0.4 is 10.6 Å². The Hall–Kier alpha value is -1.92. The summed E-state index contributed by atoms with van der Waals surface area (Å²) in [6, 6.07) is 7.88. The van der Waals surface area contributed by atoms with Gasteiger partial charge in [0, 0.05) is 19.6 Å². The Morgan fingerprint density at radius 2 is 2.38 bits per heavy atom. The minimum Gasteiger partial charge on any atom is -0.375 e. The molecular formula is C15H20N4O2. The molecule has 6 heteroatoms. The monoisotopic (exact) mass is 288 g/mol. The van der Waals surface area contributed by atoms with Gasteiger partial charge in [0.25, 0.3) is 0 Å². The van der Waals surface area contributed by atoms with Crippen LogP contribution in [-0.4, -0.2) is 41.3 Å². The average Bonchev–Trinajstić information content (AvgIpc) is 2.85. The number of benzene rings is 1. The van der Waals surface area contributed by atoms with E-state index in [1.54, 1.807) is 0 Å². The van der Waals surface area contributed by atoms with E-state index in [1.807, 2.05) is 35.8 Å². The lowest BCUT2D eigenvalue weighted by molar-refractivity contribution is -0.119. The summed E-state index contributed by atoms with van der Waals surface area (Å²) in [6.45, 7) is 5.03. The van der Waals surface area contributed by atoms with E-state index in [2.05, 4.69) is 15.6 Å². The number of carbonyl (C=O) groups is 1. The summed E-state index contributed by atoms with van der Waals surface area (Å²) in [6.07, 6.45) is 0.290. The van der Waals surface area contributed by atoms with Gasteiger partial charge in [-0.1, -0.05) is 12.1 Å². The number of morpholine rings is 1. The molecule has 3 rings (SSSR count). The fourth-order valence-corrected chi connectivity index (χ4v) is 2.62. The van der Waals surface area contributed by atoms with Crippen molar-refractivity contribution in [2.45, 2.75) is 26.0 Å². The van der Waals surface area contributed by atoms with E-state index in [-0.39, 0.29) is 12.0 Å². The van der Waals surface area contributed by atoms with Gasteiger partial charge in [0.15, 0.2) is 0 Å². The lowest BCUT2D eigenvalue weighted by Gasteiger charge is -2.22. The maximum Gasteiger partial charge on any atom is 0.229 e. The molecule has 1 atom stereocenters.